The van der Waals surface area contributed by atoms with E-state index in [4.69, 9.17) is 9.62 Å². The van der Waals surface area contributed by atoms with Gasteiger partial charge in [0.15, 0.2) is 5.58 Å². The average Bonchev–Trinajstić information content (AvgIpc) is 2.17. The number of nitrogens with zero attached hydrogens (tertiary/aromatic N) is 1. The van der Waals surface area contributed by atoms with E-state index in [9.17, 15) is 4.79 Å². The number of hydrogen-bond acceptors (Lipinski definition) is 5. The van der Waals surface area contributed by atoms with E-state index in [0.717, 1.165) is 0 Å². The summed E-state index contributed by atoms with van der Waals surface area (Å²) in [7, 11) is 0. The van der Waals surface area contributed by atoms with Gasteiger partial charge in [-0.3, -0.25) is 5.21 Å². The maximum Gasteiger partial charge on any atom is 0.381 e. The van der Waals surface area contributed by atoms with E-state index in [1.807, 2.05) is 0 Å². The lowest BCUT2D eigenvalue weighted by molar-refractivity contribution is 0.380. The highest BCUT2D eigenvalue weighted by molar-refractivity contribution is 5.72. The van der Waals surface area contributed by atoms with Crippen molar-refractivity contribution in [3.05, 3.63) is 34.7 Å². The largest absolute Gasteiger partial charge is 0.418 e. The van der Waals surface area contributed by atoms with E-state index < -0.39 is 5.63 Å². The van der Waals surface area contributed by atoms with Crippen LogP contribution >= 0.6 is 0 Å². The van der Waals surface area contributed by atoms with Crippen molar-refractivity contribution in [2.45, 2.75) is 0 Å². The lowest BCUT2D eigenvalue weighted by Gasteiger charge is -1.97. The van der Waals surface area contributed by atoms with Crippen LogP contribution < -0.4 is 11.1 Å². The average molecular weight is 178 g/mol. The van der Waals surface area contributed by atoms with E-state index in [-0.39, 0.29) is 5.82 Å². The Morgan fingerprint density at radius 2 is 2.15 bits per heavy atom. The van der Waals surface area contributed by atoms with Gasteiger partial charge >= 0.3 is 5.63 Å². The lowest BCUT2D eigenvalue weighted by Crippen LogP contribution is -2.09. The highest BCUT2D eigenvalue weighted by Gasteiger charge is 2.03. The minimum Gasteiger partial charge on any atom is -0.418 e. The Balaban J connectivity index is 2.81. The van der Waals surface area contributed by atoms with Gasteiger partial charge in [-0.05, 0) is 12.1 Å². The van der Waals surface area contributed by atoms with E-state index in [0.29, 0.717) is 11.1 Å². The molecule has 66 valence electrons. The monoisotopic (exact) mass is 178 g/mol. The van der Waals surface area contributed by atoms with Gasteiger partial charge in [0.1, 0.15) is 5.52 Å². The molecule has 0 aliphatic rings. The molecule has 0 aliphatic heterocycles. The fourth-order valence-corrected chi connectivity index (χ4v) is 1.02. The Bertz CT molecular complexity index is 492. The molecule has 2 aromatic rings. The summed E-state index contributed by atoms with van der Waals surface area (Å²) in [6.45, 7) is 0. The van der Waals surface area contributed by atoms with Gasteiger partial charge < -0.3 is 4.42 Å². The summed E-state index contributed by atoms with van der Waals surface area (Å²) in [6.07, 6.45) is 0. The summed E-state index contributed by atoms with van der Waals surface area (Å²) in [4.78, 5) is 14.8. The van der Waals surface area contributed by atoms with Crippen molar-refractivity contribution >= 4 is 16.9 Å². The Kier molecular flexibility index (Phi) is 1.71. The minimum atomic E-state index is -0.693. The first-order valence-corrected chi connectivity index (χ1v) is 3.61. The zero-order valence-corrected chi connectivity index (χ0v) is 6.52. The molecule has 0 fully saturated rings. The van der Waals surface area contributed by atoms with Crippen LogP contribution in [0.1, 0.15) is 0 Å². The molecule has 2 N–H and O–H groups in total. The predicted molar refractivity (Wildman–Crippen MR) is 45.7 cm³/mol. The molecule has 0 saturated carbocycles. The van der Waals surface area contributed by atoms with Crippen molar-refractivity contribution in [3.63, 3.8) is 0 Å². The van der Waals surface area contributed by atoms with Gasteiger partial charge in [-0.15, -0.1) is 0 Å². The first-order chi connectivity index (χ1) is 6.31. The SMILES string of the molecule is O=c1oc2ccccc2nc1NO. The van der Waals surface area contributed by atoms with Crippen molar-refractivity contribution < 1.29 is 9.62 Å². The molecule has 13 heavy (non-hydrogen) atoms. The molecule has 0 aliphatic carbocycles. The molecule has 0 unspecified atom stereocenters. The quantitative estimate of drug-likeness (QED) is 0.637. The standard InChI is InChI=1S/C8H6N2O3/c11-8-7(10-12)9-5-3-1-2-4-6(5)13-8/h1-4,12H,(H,9,10). The third-order valence-corrected chi connectivity index (χ3v) is 1.60. The van der Waals surface area contributed by atoms with Gasteiger partial charge in [-0.2, -0.15) is 0 Å². The first-order valence-electron chi connectivity index (χ1n) is 3.61. The van der Waals surface area contributed by atoms with Gasteiger partial charge in [0, 0.05) is 0 Å². The molecule has 5 heteroatoms. The zero-order chi connectivity index (χ0) is 9.26. The minimum absolute atomic E-state index is 0.210. The molecule has 2 rings (SSSR count). The Labute approximate surface area is 72.6 Å². The second-order valence-corrected chi connectivity index (χ2v) is 2.43. The van der Waals surface area contributed by atoms with Crippen LogP contribution in [0.25, 0.3) is 11.1 Å². The zero-order valence-electron chi connectivity index (χ0n) is 6.52. The molecule has 0 radical (unpaired) electrons. The van der Waals surface area contributed by atoms with Gasteiger partial charge in [0.2, 0.25) is 5.82 Å². The van der Waals surface area contributed by atoms with E-state index >= 15 is 0 Å². The van der Waals surface area contributed by atoms with Crippen LogP contribution in [0.15, 0.2) is 33.5 Å². The van der Waals surface area contributed by atoms with Crippen LogP contribution in [-0.4, -0.2) is 10.2 Å². The smallest absolute Gasteiger partial charge is 0.381 e. The third-order valence-electron chi connectivity index (χ3n) is 1.60. The van der Waals surface area contributed by atoms with Crippen molar-refractivity contribution in [2.24, 2.45) is 0 Å². The maximum atomic E-state index is 11.0. The second-order valence-electron chi connectivity index (χ2n) is 2.43. The lowest BCUT2D eigenvalue weighted by atomic mass is 10.3. The van der Waals surface area contributed by atoms with Crippen LogP contribution in [0.3, 0.4) is 0 Å². The number of aromatic nitrogens is 1. The van der Waals surface area contributed by atoms with Gasteiger partial charge in [-0.25, -0.2) is 15.3 Å². The molecule has 1 aromatic heterocycles. The Morgan fingerprint density at radius 1 is 1.38 bits per heavy atom. The Hall–Kier alpha value is -1.88. The molecule has 0 saturated heterocycles. The third kappa shape index (κ3) is 1.25. The Morgan fingerprint density at radius 3 is 2.92 bits per heavy atom. The van der Waals surface area contributed by atoms with Crippen molar-refractivity contribution in [1.82, 2.24) is 4.98 Å². The molecule has 5 nitrogen and oxygen atoms in total. The van der Waals surface area contributed by atoms with Gasteiger partial charge in [0.05, 0.1) is 0 Å². The fraction of sp³-hybridized carbons (Fsp3) is 0. The number of nitrogens with one attached hydrogen (secondary N) is 1. The van der Waals surface area contributed by atoms with Crippen molar-refractivity contribution in [3.8, 4) is 0 Å². The summed E-state index contributed by atoms with van der Waals surface area (Å²) in [5.41, 5.74) is 1.88. The number of benzene rings is 1. The fourth-order valence-electron chi connectivity index (χ4n) is 1.02. The van der Waals surface area contributed by atoms with Crippen LogP contribution in [0, 0.1) is 0 Å². The predicted octanol–water partition coefficient (Wildman–Crippen LogP) is 0.989. The maximum absolute atomic E-state index is 11.0. The molecule has 1 aromatic carbocycles. The van der Waals surface area contributed by atoms with E-state index in [1.54, 1.807) is 29.7 Å². The molecule has 1 heterocycles. The van der Waals surface area contributed by atoms with E-state index in [1.165, 1.54) is 0 Å². The number of rotatable bonds is 1. The molecule has 0 atom stereocenters. The summed E-state index contributed by atoms with van der Waals surface area (Å²) in [5, 5.41) is 8.51. The number of para-hydroxylation sites is 2. The highest BCUT2D eigenvalue weighted by atomic mass is 16.5. The summed E-state index contributed by atoms with van der Waals surface area (Å²) >= 11 is 0. The molecular weight excluding hydrogens is 172 g/mol. The van der Waals surface area contributed by atoms with Crippen LogP contribution in [-0.2, 0) is 0 Å². The molecule has 0 bridgehead atoms. The van der Waals surface area contributed by atoms with Gasteiger partial charge in [0.25, 0.3) is 0 Å². The summed E-state index contributed by atoms with van der Waals surface area (Å²) in [5.74, 6) is -0.210. The number of hydrogen-bond donors (Lipinski definition) is 2. The molecule has 0 spiro atoms. The van der Waals surface area contributed by atoms with Gasteiger partial charge in [-0.1, -0.05) is 12.1 Å². The topological polar surface area (TPSA) is 75.4 Å². The normalized spacial score (nSPS) is 10.2. The molecule has 0 amide bonds. The van der Waals surface area contributed by atoms with Crippen LogP contribution in [0.4, 0.5) is 5.82 Å². The van der Waals surface area contributed by atoms with Crippen LogP contribution in [0.2, 0.25) is 0 Å². The number of anilines is 1. The first kappa shape index (κ1) is 7.75. The molecular formula is C8H6N2O3. The summed E-state index contributed by atoms with van der Waals surface area (Å²) in [6, 6.07) is 6.81. The number of fused-ring (bicyclic) bond motifs is 1. The van der Waals surface area contributed by atoms with Crippen molar-refractivity contribution in [2.75, 3.05) is 5.48 Å². The van der Waals surface area contributed by atoms with Crippen LogP contribution in [0.5, 0.6) is 0 Å². The highest BCUT2D eigenvalue weighted by Crippen LogP contribution is 2.09. The van der Waals surface area contributed by atoms with Crippen molar-refractivity contribution in [1.29, 1.82) is 0 Å². The second kappa shape index (κ2) is 2.87. The van der Waals surface area contributed by atoms with E-state index in [2.05, 4.69) is 4.98 Å². The summed E-state index contributed by atoms with van der Waals surface area (Å²) < 4.78 is 4.84.